The van der Waals surface area contributed by atoms with Crippen LogP contribution in [0.25, 0.3) is 0 Å². The van der Waals surface area contributed by atoms with Crippen LogP contribution in [0.1, 0.15) is 55.6 Å². The van der Waals surface area contributed by atoms with Crippen molar-refractivity contribution in [2.24, 2.45) is 11.8 Å². The molecular weight excluding hydrogens is 304 g/mol. The molecule has 1 aromatic rings. The van der Waals surface area contributed by atoms with Crippen LogP contribution in [0, 0.1) is 5.92 Å². The molecule has 7 heteroatoms. The second kappa shape index (κ2) is 6.50. The van der Waals surface area contributed by atoms with Crippen molar-refractivity contribution in [2.45, 2.75) is 50.7 Å². The highest BCUT2D eigenvalue weighted by Gasteiger charge is 2.43. The predicted molar refractivity (Wildman–Crippen MR) is 87.4 cm³/mol. The molecule has 0 bridgehead atoms. The molecule has 0 amide bonds. The molecule has 0 aromatic carbocycles. The third-order valence-electron chi connectivity index (χ3n) is 4.62. The number of rotatable bonds is 4. The third kappa shape index (κ3) is 3.12. The fourth-order valence-corrected chi connectivity index (χ4v) is 5.80. The molecule has 2 saturated heterocycles. The van der Waals surface area contributed by atoms with Crippen molar-refractivity contribution >= 4 is 23.3 Å². The number of nitrogens with two attached hydrogens (primary N) is 1. The maximum Gasteiger partial charge on any atom is 0.0829 e. The van der Waals surface area contributed by atoms with Crippen molar-refractivity contribution in [1.29, 1.82) is 0 Å². The Hall–Kier alpha value is -0.210. The maximum atomic E-state index is 6.13. The van der Waals surface area contributed by atoms with Gasteiger partial charge in [0.25, 0.3) is 0 Å². The molecule has 3 unspecified atom stereocenters. The first kappa shape index (κ1) is 15.7. The number of thioether (sulfide) groups is 1. The summed E-state index contributed by atoms with van der Waals surface area (Å²) < 4.78 is 10.3. The lowest BCUT2D eigenvalue weighted by molar-refractivity contribution is -0.0853. The predicted octanol–water partition coefficient (Wildman–Crippen LogP) is 2.47. The van der Waals surface area contributed by atoms with Gasteiger partial charge in [-0.15, -0.1) is 5.10 Å². The summed E-state index contributed by atoms with van der Waals surface area (Å²) >= 11 is 3.49. The molecule has 3 atom stereocenters. The van der Waals surface area contributed by atoms with Gasteiger partial charge in [0.05, 0.1) is 22.2 Å². The van der Waals surface area contributed by atoms with Gasteiger partial charge in [0.1, 0.15) is 0 Å². The quantitative estimate of drug-likeness (QED) is 0.653. The topological polar surface area (TPSA) is 73.1 Å². The highest BCUT2D eigenvalue weighted by molar-refractivity contribution is 7.99. The second-order valence-electron chi connectivity index (χ2n) is 6.41. The molecule has 2 fully saturated rings. The Balaban J connectivity index is 1.80. The summed E-state index contributed by atoms with van der Waals surface area (Å²) in [4.78, 5) is 1.21. The van der Waals surface area contributed by atoms with Crippen LogP contribution in [-0.2, 0) is 4.74 Å². The van der Waals surface area contributed by atoms with E-state index in [0.29, 0.717) is 11.8 Å². The number of nitrogens with zero attached hydrogens (tertiary/aromatic N) is 2. The lowest BCUT2D eigenvalue weighted by atomic mass is 9.80. The van der Waals surface area contributed by atoms with Gasteiger partial charge in [-0.05, 0) is 48.4 Å². The number of aromatic nitrogens is 2. The SMILES string of the molecule is CC(C)c1nnsc1C(NN)C1CCOC2(CCSC2)C1. The van der Waals surface area contributed by atoms with Crippen molar-refractivity contribution in [2.75, 3.05) is 18.1 Å². The Labute approximate surface area is 134 Å². The zero-order valence-electron chi connectivity index (χ0n) is 12.7. The number of hydrogen-bond donors (Lipinski definition) is 2. The highest BCUT2D eigenvalue weighted by atomic mass is 32.2. The van der Waals surface area contributed by atoms with Gasteiger partial charge in [-0.3, -0.25) is 11.3 Å². The van der Waals surface area contributed by atoms with Gasteiger partial charge in [0, 0.05) is 12.4 Å². The fraction of sp³-hybridized carbons (Fsp3) is 0.857. The summed E-state index contributed by atoms with van der Waals surface area (Å²) in [5.41, 5.74) is 4.21. The molecule has 118 valence electrons. The summed E-state index contributed by atoms with van der Waals surface area (Å²) in [5.74, 6) is 9.13. The van der Waals surface area contributed by atoms with E-state index in [4.69, 9.17) is 10.6 Å². The van der Waals surface area contributed by atoms with Gasteiger partial charge in [-0.2, -0.15) is 11.8 Å². The van der Waals surface area contributed by atoms with E-state index < -0.39 is 0 Å². The summed E-state index contributed by atoms with van der Waals surface area (Å²) in [7, 11) is 0. The van der Waals surface area contributed by atoms with Crippen molar-refractivity contribution in [1.82, 2.24) is 15.0 Å². The van der Waals surface area contributed by atoms with Crippen molar-refractivity contribution in [3.63, 3.8) is 0 Å². The first-order valence-corrected chi connectivity index (χ1v) is 9.58. The number of nitrogens with one attached hydrogen (secondary N) is 1. The Morgan fingerprint density at radius 2 is 2.33 bits per heavy atom. The second-order valence-corrected chi connectivity index (χ2v) is 8.30. The zero-order chi connectivity index (χ0) is 14.9. The Morgan fingerprint density at radius 3 is 3.00 bits per heavy atom. The molecule has 5 nitrogen and oxygen atoms in total. The van der Waals surface area contributed by atoms with E-state index in [9.17, 15) is 0 Å². The molecule has 2 aliphatic rings. The lowest BCUT2D eigenvalue weighted by Crippen LogP contribution is -2.45. The highest BCUT2D eigenvalue weighted by Crippen LogP contribution is 2.45. The largest absolute Gasteiger partial charge is 0.374 e. The van der Waals surface area contributed by atoms with Crippen LogP contribution in [0.2, 0.25) is 0 Å². The standard InChI is InChI=1S/C14H24N4OS2/c1-9(2)11-13(21-18-17-11)12(16-15)10-3-5-19-14(7-10)4-6-20-8-14/h9-10,12,16H,3-8,15H2,1-2H3. The number of hydrazine groups is 1. The maximum absolute atomic E-state index is 6.13. The third-order valence-corrected chi connectivity index (χ3v) is 6.66. The first-order chi connectivity index (χ1) is 10.2. The van der Waals surface area contributed by atoms with E-state index in [-0.39, 0.29) is 11.6 Å². The van der Waals surface area contributed by atoms with E-state index in [1.807, 2.05) is 11.8 Å². The van der Waals surface area contributed by atoms with Crippen molar-refractivity contribution in [3.05, 3.63) is 10.6 Å². The average molecular weight is 329 g/mol. The minimum atomic E-state index is 0.0821. The van der Waals surface area contributed by atoms with E-state index in [0.717, 1.165) is 30.9 Å². The normalized spacial score (nSPS) is 31.1. The van der Waals surface area contributed by atoms with Crippen LogP contribution in [0.4, 0.5) is 0 Å². The molecule has 1 aromatic heterocycles. The van der Waals surface area contributed by atoms with E-state index in [2.05, 4.69) is 28.9 Å². The zero-order valence-corrected chi connectivity index (χ0v) is 14.3. The van der Waals surface area contributed by atoms with Gasteiger partial charge in [-0.1, -0.05) is 18.3 Å². The first-order valence-electron chi connectivity index (χ1n) is 7.65. The van der Waals surface area contributed by atoms with Crippen LogP contribution < -0.4 is 11.3 Å². The smallest absolute Gasteiger partial charge is 0.0829 e. The molecule has 21 heavy (non-hydrogen) atoms. The van der Waals surface area contributed by atoms with Crippen LogP contribution in [0.3, 0.4) is 0 Å². The Bertz CT molecular complexity index is 473. The van der Waals surface area contributed by atoms with Gasteiger partial charge in [0.2, 0.25) is 0 Å². The molecule has 0 aliphatic carbocycles. The van der Waals surface area contributed by atoms with E-state index in [1.54, 1.807) is 0 Å². The van der Waals surface area contributed by atoms with Crippen LogP contribution in [-0.4, -0.2) is 33.3 Å². The molecule has 0 radical (unpaired) electrons. The summed E-state index contributed by atoms with van der Waals surface area (Å²) in [6.07, 6.45) is 3.31. The molecule has 3 rings (SSSR count). The molecule has 3 heterocycles. The van der Waals surface area contributed by atoms with Crippen molar-refractivity contribution < 1.29 is 4.74 Å². The van der Waals surface area contributed by atoms with Crippen molar-refractivity contribution in [3.8, 4) is 0 Å². The number of ether oxygens (including phenoxy) is 1. The Morgan fingerprint density at radius 1 is 1.48 bits per heavy atom. The minimum Gasteiger partial charge on any atom is -0.374 e. The molecular formula is C14H24N4OS2. The lowest BCUT2D eigenvalue weighted by Gasteiger charge is -2.40. The molecule has 0 saturated carbocycles. The average Bonchev–Trinajstić information content (AvgIpc) is 3.10. The Kier molecular flexibility index (Phi) is 4.85. The van der Waals surface area contributed by atoms with Gasteiger partial charge >= 0.3 is 0 Å². The summed E-state index contributed by atoms with van der Waals surface area (Å²) in [6, 6.07) is 0.147. The van der Waals surface area contributed by atoms with E-state index in [1.165, 1.54) is 28.6 Å². The molecule has 1 spiro atoms. The summed E-state index contributed by atoms with van der Waals surface area (Å²) in [6.45, 7) is 5.16. The molecule has 3 N–H and O–H groups in total. The van der Waals surface area contributed by atoms with Gasteiger partial charge in [0.15, 0.2) is 0 Å². The summed E-state index contributed by atoms with van der Waals surface area (Å²) in [5, 5.41) is 4.31. The number of hydrogen-bond acceptors (Lipinski definition) is 7. The fourth-order valence-electron chi connectivity index (χ4n) is 3.46. The monoisotopic (exact) mass is 328 g/mol. The minimum absolute atomic E-state index is 0.0821. The van der Waals surface area contributed by atoms with Crippen LogP contribution in [0.5, 0.6) is 0 Å². The van der Waals surface area contributed by atoms with E-state index >= 15 is 0 Å². The van der Waals surface area contributed by atoms with Crippen LogP contribution >= 0.6 is 23.3 Å². The van der Waals surface area contributed by atoms with Gasteiger partial charge < -0.3 is 4.74 Å². The van der Waals surface area contributed by atoms with Gasteiger partial charge in [-0.25, -0.2) is 0 Å². The molecule has 2 aliphatic heterocycles. The van der Waals surface area contributed by atoms with Crippen LogP contribution in [0.15, 0.2) is 0 Å².